The predicted molar refractivity (Wildman–Crippen MR) is 64.8 cm³/mol. The number of methoxy groups -OCH3 is 2. The van der Waals surface area contributed by atoms with Gasteiger partial charge in [-0.3, -0.25) is 0 Å². The van der Waals surface area contributed by atoms with Crippen LogP contribution in [0.3, 0.4) is 0 Å². The highest BCUT2D eigenvalue weighted by molar-refractivity contribution is 6.31. The van der Waals surface area contributed by atoms with Gasteiger partial charge in [-0.25, -0.2) is 9.97 Å². The first kappa shape index (κ1) is 14.0. The molecule has 0 unspecified atom stereocenters. The molecule has 1 N–H and O–H groups in total. The topological polar surface area (TPSA) is 65.5 Å². The van der Waals surface area contributed by atoms with Crippen LogP contribution in [0.15, 0.2) is 6.33 Å². The maximum atomic E-state index is 5.85. The lowest BCUT2D eigenvalue weighted by Gasteiger charge is -2.10. The number of hydrogen-bond donors (Lipinski definition) is 1. The first-order valence-electron chi connectivity index (χ1n) is 5.14. The minimum Gasteiger partial charge on any atom is -0.490 e. The van der Waals surface area contributed by atoms with Crippen LogP contribution in [0.2, 0.25) is 5.15 Å². The van der Waals surface area contributed by atoms with E-state index in [1.54, 1.807) is 7.11 Å². The molecule has 6 nitrogen and oxygen atoms in total. The van der Waals surface area contributed by atoms with Crippen molar-refractivity contribution in [3.05, 3.63) is 11.5 Å². The Balaban J connectivity index is 2.33. The molecule has 0 atom stereocenters. The molecule has 0 aliphatic rings. The first-order valence-corrected chi connectivity index (χ1v) is 5.52. The summed E-state index contributed by atoms with van der Waals surface area (Å²) < 4.78 is 15.2. The smallest absolute Gasteiger partial charge is 0.198 e. The summed E-state index contributed by atoms with van der Waals surface area (Å²) in [6.07, 6.45) is 1.37. The largest absolute Gasteiger partial charge is 0.490 e. The van der Waals surface area contributed by atoms with Crippen LogP contribution in [0, 0.1) is 0 Å². The van der Waals surface area contributed by atoms with Gasteiger partial charge in [0, 0.05) is 13.7 Å². The highest BCUT2D eigenvalue weighted by atomic mass is 35.5. The number of ether oxygens (including phenoxy) is 3. The van der Waals surface area contributed by atoms with E-state index < -0.39 is 0 Å². The molecule has 0 saturated heterocycles. The van der Waals surface area contributed by atoms with Crippen molar-refractivity contribution in [2.75, 3.05) is 45.9 Å². The highest BCUT2D eigenvalue weighted by Gasteiger charge is 2.08. The van der Waals surface area contributed by atoms with Crippen LogP contribution in [0.5, 0.6) is 5.75 Å². The van der Waals surface area contributed by atoms with Gasteiger partial charge in [0.2, 0.25) is 0 Å². The van der Waals surface area contributed by atoms with Gasteiger partial charge in [0.1, 0.15) is 6.33 Å². The fourth-order valence-corrected chi connectivity index (χ4v) is 1.36. The Kier molecular flexibility index (Phi) is 6.61. The van der Waals surface area contributed by atoms with Gasteiger partial charge < -0.3 is 19.5 Å². The fraction of sp³-hybridized carbons (Fsp3) is 0.600. The summed E-state index contributed by atoms with van der Waals surface area (Å²) in [5.74, 6) is 0.994. The number of nitrogens with zero attached hydrogens (tertiary/aromatic N) is 2. The van der Waals surface area contributed by atoms with Crippen LogP contribution >= 0.6 is 11.6 Å². The van der Waals surface area contributed by atoms with Crippen LogP contribution < -0.4 is 10.1 Å². The van der Waals surface area contributed by atoms with E-state index in [9.17, 15) is 0 Å². The van der Waals surface area contributed by atoms with E-state index in [0.29, 0.717) is 37.9 Å². The Labute approximate surface area is 105 Å². The molecular formula is C10H16ClN3O3. The average molecular weight is 262 g/mol. The zero-order chi connectivity index (χ0) is 12.5. The Morgan fingerprint density at radius 3 is 2.76 bits per heavy atom. The van der Waals surface area contributed by atoms with Gasteiger partial charge in [0.15, 0.2) is 16.7 Å². The van der Waals surface area contributed by atoms with Gasteiger partial charge in [-0.05, 0) is 0 Å². The van der Waals surface area contributed by atoms with Crippen LogP contribution in [-0.4, -0.2) is 50.6 Å². The molecule has 7 heteroatoms. The van der Waals surface area contributed by atoms with E-state index in [1.165, 1.54) is 13.4 Å². The molecule has 0 aromatic carbocycles. The van der Waals surface area contributed by atoms with Crippen molar-refractivity contribution < 1.29 is 14.2 Å². The maximum absolute atomic E-state index is 5.85. The van der Waals surface area contributed by atoms with Gasteiger partial charge in [-0.2, -0.15) is 0 Å². The molecule has 1 aromatic rings. The lowest BCUT2D eigenvalue weighted by molar-refractivity contribution is 0.0759. The second-order valence-electron chi connectivity index (χ2n) is 3.08. The third-order valence-electron chi connectivity index (χ3n) is 1.94. The van der Waals surface area contributed by atoms with Crippen molar-refractivity contribution in [2.45, 2.75) is 0 Å². The lowest BCUT2D eigenvalue weighted by Crippen LogP contribution is -2.13. The summed E-state index contributed by atoms with van der Waals surface area (Å²) in [6.45, 7) is 2.31. The summed E-state index contributed by atoms with van der Waals surface area (Å²) in [7, 11) is 3.15. The Morgan fingerprint density at radius 2 is 2.06 bits per heavy atom. The van der Waals surface area contributed by atoms with Crippen molar-refractivity contribution >= 4 is 17.4 Å². The minimum atomic E-state index is 0.283. The normalized spacial score (nSPS) is 10.3. The van der Waals surface area contributed by atoms with E-state index in [4.69, 9.17) is 25.8 Å². The fourth-order valence-electron chi connectivity index (χ4n) is 1.14. The minimum absolute atomic E-state index is 0.283. The third kappa shape index (κ3) is 4.72. The SMILES string of the molecule is COCCOCCNc1ncnc(Cl)c1OC. The van der Waals surface area contributed by atoms with Crippen molar-refractivity contribution in [2.24, 2.45) is 0 Å². The molecule has 0 amide bonds. The second kappa shape index (κ2) is 8.05. The van der Waals surface area contributed by atoms with Crippen molar-refractivity contribution in [3.63, 3.8) is 0 Å². The molecule has 1 rings (SSSR count). The molecule has 1 heterocycles. The average Bonchev–Trinajstić information content (AvgIpc) is 2.34. The standard InChI is InChI=1S/C10H16ClN3O3/c1-15-5-6-17-4-3-12-10-8(16-2)9(11)13-7-14-10/h7H,3-6H2,1-2H3,(H,12,13,14). The quantitative estimate of drug-likeness (QED) is 0.561. The summed E-state index contributed by atoms with van der Waals surface area (Å²) in [6, 6.07) is 0. The third-order valence-corrected chi connectivity index (χ3v) is 2.20. The molecule has 0 spiro atoms. The van der Waals surface area contributed by atoms with Gasteiger partial charge in [0.05, 0.1) is 26.9 Å². The molecule has 0 radical (unpaired) electrons. The van der Waals surface area contributed by atoms with E-state index >= 15 is 0 Å². The Hall–Kier alpha value is -1.11. The van der Waals surface area contributed by atoms with Crippen molar-refractivity contribution in [3.8, 4) is 5.75 Å². The van der Waals surface area contributed by atoms with E-state index in [-0.39, 0.29) is 5.15 Å². The van der Waals surface area contributed by atoms with Crippen LogP contribution in [0.4, 0.5) is 5.82 Å². The number of halogens is 1. The summed E-state index contributed by atoms with van der Waals surface area (Å²) in [5, 5.41) is 3.34. The van der Waals surface area contributed by atoms with Gasteiger partial charge in [0.25, 0.3) is 0 Å². The Morgan fingerprint density at radius 1 is 1.24 bits per heavy atom. The summed E-state index contributed by atoms with van der Waals surface area (Å²) in [5.41, 5.74) is 0. The van der Waals surface area contributed by atoms with E-state index in [1.807, 2.05) is 0 Å². The molecule has 0 saturated carbocycles. The van der Waals surface area contributed by atoms with E-state index in [0.717, 1.165) is 0 Å². The first-order chi connectivity index (χ1) is 8.29. The van der Waals surface area contributed by atoms with Gasteiger partial charge in [-0.15, -0.1) is 0 Å². The van der Waals surface area contributed by atoms with Crippen LogP contribution in [0.1, 0.15) is 0 Å². The molecule has 17 heavy (non-hydrogen) atoms. The number of rotatable bonds is 8. The number of anilines is 1. The second-order valence-corrected chi connectivity index (χ2v) is 3.44. The lowest BCUT2D eigenvalue weighted by atomic mass is 10.5. The Bertz CT molecular complexity index is 339. The zero-order valence-corrected chi connectivity index (χ0v) is 10.7. The number of aromatic nitrogens is 2. The molecule has 1 aromatic heterocycles. The molecule has 0 fully saturated rings. The van der Waals surface area contributed by atoms with Crippen LogP contribution in [0.25, 0.3) is 0 Å². The number of nitrogens with one attached hydrogen (secondary N) is 1. The number of hydrogen-bond acceptors (Lipinski definition) is 6. The van der Waals surface area contributed by atoms with Gasteiger partial charge in [-0.1, -0.05) is 11.6 Å². The summed E-state index contributed by atoms with van der Waals surface area (Å²) in [4.78, 5) is 7.85. The molecule has 0 aliphatic carbocycles. The van der Waals surface area contributed by atoms with E-state index in [2.05, 4.69) is 15.3 Å². The molecule has 96 valence electrons. The maximum Gasteiger partial charge on any atom is 0.198 e. The van der Waals surface area contributed by atoms with Crippen molar-refractivity contribution in [1.29, 1.82) is 0 Å². The van der Waals surface area contributed by atoms with Crippen LogP contribution in [-0.2, 0) is 9.47 Å². The summed E-state index contributed by atoms with van der Waals surface area (Å²) >= 11 is 5.85. The molecule has 0 bridgehead atoms. The monoisotopic (exact) mass is 261 g/mol. The molecular weight excluding hydrogens is 246 g/mol. The molecule has 0 aliphatic heterocycles. The van der Waals surface area contributed by atoms with Crippen molar-refractivity contribution in [1.82, 2.24) is 9.97 Å². The highest BCUT2D eigenvalue weighted by Crippen LogP contribution is 2.27. The zero-order valence-electron chi connectivity index (χ0n) is 9.90. The predicted octanol–water partition coefficient (Wildman–Crippen LogP) is 1.21. The van der Waals surface area contributed by atoms with Gasteiger partial charge >= 0.3 is 0 Å².